The predicted molar refractivity (Wildman–Crippen MR) is 82.0 cm³/mol. The smallest absolute Gasteiger partial charge is 0.132 e. The van der Waals surface area contributed by atoms with Gasteiger partial charge in [-0.05, 0) is 28.4 Å². The number of hydrogen-bond donors (Lipinski definition) is 1. The molecular weight excluding hydrogens is 318 g/mol. The molecule has 1 aromatic heterocycles. The van der Waals surface area contributed by atoms with Crippen LogP contribution in [0.2, 0.25) is 0 Å². The summed E-state index contributed by atoms with van der Waals surface area (Å²) in [6, 6.07) is 10.1. The van der Waals surface area contributed by atoms with E-state index < -0.39 is 0 Å². The summed E-state index contributed by atoms with van der Waals surface area (Å²) >= 11 is 3.44. The molecule has 20 heavy (non-hydrogen) atoms. The lowest BCUT2D eigenvalue weighted by Crippen LogP contribution is -2.14. The predicted octanol–water partition coefficient (Wildman–Crippen LogP) is 3.74. The maximum Gasteiger partial charge on any atom is 0.132 e. The largest absolute Gasteiger partial charge is 0.491 e. The van der Waals surface area contributed by atoms with Crippen LogP contribution in [0.25, 0.3) is 0 Å². The van der Waals surface area contributed by atoms with Gasteiger partial charge < -0.3 is 10.1 Å². The van der Waals surface area contributed by atoms with Crippen molar-refractivity contribution in [1.82, 2.24) is 9.97 Å². The van der Waals surface area contributed by atoms with Crippen molar-refractivity contribution in [3.63, 3.8) is 0 Å². The molecule has 3 rings (SSSR count). The molecule has 0 saturated heterocycles. The van der Waals surface area contributed by atoms with Crippen LogP contribution in [0.15, 0.2) is 34.9 Å². The summed E-state index contributed by atoms with van der Waals surface area (Å²) in [4.78, 5) is 8.93. The Kier molecular flexibility index (Phi) is 3.87. The van der Waals surface area contributed by atoms with Crippen molar-refractivity contribution in [2.24, 2.45) is 0 Å². The number of aryl methyl sites for hydroxylation is 1. The van der Waals surface area contributed by atoms with E-state index in [1.165, 1.54) is 5.56 Å². The molecule has 0 amide bonds. The molecule has 1 aliphatic heterocycles. The summed E-state index contributed by atoms with van der Waals surface area (Å²) in [5, 5.41) is 3.43. The van der Waals surface area contributed by atoms with Gasteiger partial charge >= 0.3 is 0 Å². The lowest BCUT2D eigenvalue weighted by Gasteiger charge is -2.13. The van der Waals surface area contributed by atoms with Crippen molar-refractivity contribution in [2.75, 3.05) is 11.9 Å². The number of hydrogen-bond acceptors (Lipinski definition) is 4. The quantitative estimate of drug-likeness (QED) is 0.866. The lowest BCUT2D eigenvalue weighted by molar-refractivity contribution is 0.339. The van der Waals surface area contributed by atoms with Gasteiger partial charge in [0.1, 0.15) is 28.6 Å². The van der Waals surface area contributed by atoms with Crippen molar-refractivity contribution < 1.29 is 4.74 Å². The maximum absolute atomic E-state index is 5.67. The van der Waals surface area contributed by atoms with Crippen LogP contribution in [0.4, 0.5) is 5.82 Å². The number of ether oxygens (including phenoxy) is 1. The normalized spacial score (nSPS) is 16.6. The zero-order valence-electron chi connectivity index (χ0n) is 11.3. The minimum atomic E-state index is 0.141. The molecule has 1 N–H and O–H groups in total. The number of rotatable bonds is 4. The Bertz CT molecular complexity index is 618. The molecule has 4 nitrogen and oxygen atoms in total. The molecule has 0 spiro atoms. The van der Waals surface area contributed by atoms with Crippen molar-refractivity contribution >= 4 is 21.7 Å². The van der Waals surface area contributed by atoms with Gasteiger partial charge in [0.2, 0.25) is 0 Å². The fourth-order valence-electron chi connectivity index (χ4n) is 2.33. The number of halogens is 1. The number of fused-ring (bicyclic) bond motifs is 1. The fraction of sp³-hybridized carbons (Fsp3) is 0.333. The summed E-state index contributed by atoms with van der Waals surface area (Å²) < 4.78 is 6.48. The summed E-state index contributed by atoms with van der Waals surface area (Å²) in [5.74, 6) is 2.64. The average molecular weight is 334 g/mol. The van der Waals surface area contributed by atoms with E-state index in [0.29, 0.717) is 6.61 Å². The van der Waals surface area contributed by atoms with Gasteiger partial charge in [-0.2, -0.15) is 0 Å². The molecule has 1 aromatic carbocycles. The van der Waals surface area contributed by atoms with Gasteiger partial charge in [0.25, 0.3) is 0 Å². The minimum absolute atomic E-state index is 0.141. The second kappa shape index (κ2) is 5.79. The SMILES string of the molecule is CCCc1nc(Br)cc(NC2COc3ccccc32)n1. The molecule has 0 bridgehead atoms. The standard InChI is InChI=1S/C15H16BrN3O/c1-2-5-14-18-13(16)8-15(19-14)17-11-9-20-12-7-4-3-6-10(11)12/h3-4,6-8,11H,2,5,9H2,1H3,(H,17,18,19). The zero-order valence-corrected chi connectivity index (χ0v) is 12.9. The number of nitrogens with one attached hydrogen (secondary N) is 1. The van der Waals surface area contributed by atoms with Crippen LogP contribution in [-0.4, -0.2) is 16.6 Å². The molecule has 1 unspecified atom stereocenters. The van der Waals surface area contributed by atoms with Crippen molar-refractivity contribution in [3.8, 4) is 5.75 Å². The van der Waals surface area contributed by atoms with E-state index in [-0.39, 0.29) is 6.04 Å². The lowest BCUT2D eigenvalue weighted by atomic mass is 10.1. The van der Waals surface area contributed by atoms with E-state index in [2.05, 4.69) is 44.2 Å². The maximum atomic E-state index is 5.67. The first-order chi connectivity index (χ1) is 9.76. The molecule has 104 valence electrons. The molecule has 2 heterocycles. The molecule has 2 aromatic rings. The third kappa shape index (κ3) is 2.77. The van der Waals surface area contributed by atoms with Gasteiger partial charge in [-0.3, -0.25) is 0 Å². The van der Waals surface area contributed by atoms with Crippen LogP contribution >= 0.6 is 15.9 Å². The Hall–Kier alpha value is -1.62. The summed E-state index contributed by atoms with van der Waals surface area (Å²) in [7, 11) is 0. The second-order valence-corrected chi connectivity index (χ2v) is 5.60. The first-order valence-electron chi connectivity index (χ1n) is 6.78. The highest BCUT2D eigenvalue weighted by molar-refractivity contribution is 9.10. The molecule has 0 radical (unpaired) electrons. The van der Waals surface area contributed by atoms with Crippen molar-refractivity contribution in [1.29, 1.82) is 0 Å². The Morgan fingerprint density at radius 1 is 1.35 bits per heavy atom. The Labute approximate surface area is 126 Å². The highest BCUT2D eigenvalue weighted by atomic mass is 79.9. The molecule has 1 aliphatic rings. The van der Waals surface area contributed by atoms with Gasteiger partial charge in [0.05, 0.1) is 6.04 Å². The molecule has 5 heteroatoms. The average Bonchev–Trinajstić information content (AvgIpc) is 2.82. The van der Waals surface area contributed by atoms with Gasteiger partial charge in [-0.25, -0.2) is 9.97 Å². The van der Waals surface area contributed by atoms with Crippen LogP contribution in [0.3, 0.4) is 0 Å². The first-order valence-corrected chi connectivity index (χ1v) is 7.57. The second-order valence-electron chi connectivity index (χ2n) is 4.79. The summed E-state index contributed by atoms with van der Waals surface area (Å²) in [6.07, 6.45) is 1.91. The van der Waals surface area contributed by atoms with E-state index in [9.17, 15) is 0 Å². The van der Waals surface area contributed by atoms with Crippen molar-refractivity contribution in [3.05, 3.63) is 46.3 Å². The molecule has 0 saturated carbocycles. The van der Waals surface area contributed by atoms with E-state index in [4.69, 9.17) is 4.74 Å². The van der Waals surface area contributed by atoms with E-state index in [1.807, 2.05) is 24.3 Å². The summed E-state index contributed by atoms with van der Waals surface area (Å²) in [5.41, 5.74) is 1.18. The first kappa shape index (κ1) is 13.4. The number of nitrogens with zero attached hydrogens (tertiary/aromatic N) is 2. The Balaban J connectivity index is 1.82. The Morgan fingerprint density at radius 2 is 2.20 bits per heavy atom. The zero-order chi connectivity index (χ0) is 13.9. The molecule has 1 atom stereocenters. The number of benzene rings is 1. The topological polar surface area (TPSA) is 47.0 Å². The van der Waals surface area contributed by atoms with Gasteiger partial charge in [0, 0.05) is 18.1 Å². The van der Waals surface area contributed by atoms with Crippen LogP contribution in [0.5, 0.6) is 5.75 Å². The van der Waals surface area contributed by atoms with Crippen LogP contribution in [-0.2, 0) is 6.42 Å². The number of anilines is 1. The van der Waals surface area contributed by atoms with Crippen LogP contribution in [0, 0.1) is 0 Å². The van der Waals surface area contributed by atoms with Gasteiger partial charge in [-0.1, -0.05) is 25.1 Å². The third-order valence-electron chi connectivity index (χ3n) is 3.24. The monoisotopic (exact) mass is 333 g/mol. The molecule has 0 fully saturated rings. The van der Waals surface area contributed by atoms with Crippen LogP contribution < -0.4 is 10.1 Å². The summed E-state index contributed by atoms with van der Waals surface area (Å²) in [6.45, 7) is 2.75. The fourth-order valence-corrected chi connectivity index (χ4v) is 2.76. The number of para-hydroxylation sites is 1. The highest BCUT2D eigenvalue weighted by Gasteiger charge is 2.23. The van der Waals surface area contributed by atoms with E-state index in [1.54, 1.807) is 0 Å². The Morgan fingerprint density at radius 3 is 3.05 bits per heavy atom. The van der Waals surface area contributed by atoms with E-state index in [0.717, 1.165) is 34.8 Å². The molecular formula is C15H16BrN3O. The number of aromatic nitrogens is 2. The van der Waals surface area contributed by atoms with Crippen molar-refractivity contribution in [2.45, 2.75) is 25.8 Å². The minimum Gasteiger partial charge on any atom is -0.491 e. The molecule has 0 aliphatic carbocycles. The van der Waals surface area contributed by atoms with Gasteiger partial charge in [0.15, 0.2) is 0 Å². The van der Waals surface area contributed by atoms with Crippen LogP contribution in [0.1, 0.15) is 30.8 Å². The third-order valence-corrected chi connectivity index (χ3v) is 3.64. The highest BCUT2D eigenvalue weighted by Crippen LogP contribution is 2.33. The van der Waals surface area contributed by atoms with Gasteiger partial charge in [-0.15, -0.1) is 0 Å². The van der Waals surface area contributed by atoms with E-state index >= 15 is 0 Å².